The number of aryl methyl sites for hydroxylation is 1. The molecule has 140 valence electrons. The summed E-state index contributed by atoms with van der Waals surface area (Å²) in [4.78, 5) is 36.2. The van der Waals surface area contributed by atoms with Crippen LogP contribution in [0.3, 0.4) is 0 Å². The molecule has 1 aliphatic rings. The van der Waals surface area contributed by atoms with E-state index in [1.54, 1.807) is 30.3 Å². The van der Waals surface area contributed by atoms with Gasteiger partial charge in [-0.25, -0.2) is 9.80 Å². The molecule has 0 atom stereocenters. The van der Waals surface area contributed by atoms with E-state index in [9.17, 15) is 14.4 Å². The van der Waals surface area contributed by atoms with Crippen molar-refractivity contribution in [1.29, 1.82) is 0 Å². The van der Waals surface area contributed by atoms with E-state index in [4.69, 9.17) is 4.42 Å². The number of nitrogens with zero attached hydrogens (tertiary/aromatic N) is 2. The predicted molar refractivity (Wildman–Crippen MR) is 106 cm³/mol. The standard InChI is InChI=1S/C21H17N3O4/c1-13-3-2-4-16(11-13)24-19(25)9-7-17(23-24)21(27)22-15-6-8-18-14(12-15)5-10-20(26)28-18/h2-6,8,10-12H,7,9H2,1H3,(H,22,27). The molecule has 1 aromatic heterocycles. The lowest BCUT2D eigenvalue weighted by molar-refractivity contribution is -0.118. The minimum absolute atomic E-state index is 0.150. The van der Waals surface area contributed by atoms with Crippen LogP contribution in [0.15, 0.2) is 68.9 Å². The summed E-state index contributed by atoms with van der Waals surface area (Å²) < 4.78 is 5.09. The van der Waals surface area contributed by atoms with Gasteiger partial charge in [0.1, 0.15) is 11.3 Å². The minimum atomic E-state index is -0.429. The van der Waals surface area contributed by atoms with Crippen LogP contribution in [0, 0.1) is 6.92 Å². The molecule has 0 aliphatic carbocycles. The van der Waals surface area contributed by atoms with E-state index in [-0.39, 0.29) is 30.4 Å². The summed E-state index contributed by atoms with van der Waals surface area (Å²) in [5.74, 6) is -0.523. The third kappa shape index (κ3) is 3.55. The van der Waals surface area contributed by atoms with Gasteiger partial charge in [0.15, 0.2) is 0 Å². The maximum absolute atomic E-state index is 12.7. The van der Waals surface area contributed by atoms with Gasteiger partial charge in [-0.1, -0.05) is 12.1 Å². The van der Waals surface area contributed by atoms with E-state index in [2.05, 4.69) is 10.4 Å². The Balaban J connectivity index is 1.58. The zero-order chi connectivity index (χ0) is 19.7. The van der Waals surface area contributed by atoms with Crippen molar-refractivity contribution in [3.05, 3.63) is 70.6 Å². The molecular weight excluding hydrogens is 358 g/mol. The Morgan fingerprint density at radius 2 is 1.93 bits per heavy atom. The van der Waals surface area contributed by atoms with E-state index < -0.39 is 5.63 Å². The molecule has 0 radical (unpaired) electrons. The molecule has 0 unspecified atom stereocenters. The van der Waals surface area contributed by atoms with Crippen LogP contribution in [0.5, 0.6) is 0 Å². The normalized spacial score (nSPS) is 14.1. The molecule has 0 spiro atoms. The molecule has 0 fully saturated rings. The predicted octanol–water partition coefficient (Wildman–Crippen LogP) is 3.22. The van der Waals surface area contributed by atoms with Crippen LogP contribution < -0.4 is 16.0 Å². The second kappa shape index (κ2) is 7.11. The largest absolute Gasteiger partial charge is 0.423 e. The van der Waals surface area contributed by atoms with Gasteiger partial charge in [-0.05, 0) is 48.9 Å². The minimum Gasteiger partial charge on any atom is -0.423 e. The molecule has 2 aromatic carbocycles. The van der Waals surface area contributed by atoms with Gasteiger partial charge in [0.2, 0.25) is 5.91 Å². The van der Waals surface area contributed by atoms with Gasteiger partial charge in [-0.15, -0.1) is 0 Å². The van der Waals surface area contributed by atoms with Crippen LogP contribution in [0.1, 0.15) is 18.4 Å². The number of carbonyl (C=O) groups is 2. The lowest BCUT2D eigenvalue weighted by Gasteiger charge is -2.23. The summed E-state index contributed by atoms with van der Waals surface area (Å²) >= 11 is 0. The summed E-state index contributed by atoms with van der Waals surface area (Å²) in [7, 11) is 0. The average Bonchev–Trinajstić information content (AvgIpc) is 2.68. The van der Waals surface area contributed by atoms with Crippen molar-refractivity contribution in [3.8, 4) is 0 Å². The summed E-state index contributed by atoms with van der Waals surface area (Å²) in [6.45, 7) is 1.93. The summed E-state index contributed by atoms with van der Waals surface area (Å²) in [5, 5.41) is 9.03. The van der Waals surface area contributed by atoms with Crippen molar-refractivity contribution in [3.63, 3.8) is 0 Å². The number of fused-ring (bicyclic) bond motifs is 1. The quantitative estimate of drug-likeness (QED) is 0.712. The topological polar surface area (TPSA) is 92.0 Å². The monoisotopic (exact) mass is 375 g/mol. The number of anilines is 2. The first-order valence-electron chi connectivity index (χ1n) is 8.82. The molecule has 28 heavy (non-hydrogen) atoms. The molecular formula is C21H17N3O4. The van der Waals surface area contributed by atoms with E-state index in [0.717, 1.165) is 5.56 Å². The van der Waals surface area contributed by atoms with Crippen LogP contribution >= 0.6 is 0 Å². The van der Waals surface area contributed by atoms with Gasteiger partial charge in [0.05, 0.1) is 5.69 Å². The average molecular weight is 375 g/mol. The van der Waals surface area contributed by atoms with Crippen molar-refractivity contribution in [1.82, 2.24) is 0 Å². The number of amides is 2. The van der Waals surface area contributed by atoms with E-state index >= 15 is 0 Å². The summed E-state index contributed by atoms with van der Waals surface area (Å²) in [6, 6.07) is 15.3. The van der Waals surface area contributed by atoms with Gasteiger partial charge in [0.25, 0.3) is 5.91 Å². The molecule has 7 heteroatoms. The highest BCUT2D eigenvalue weighted by atomic mass is 16.4. The molecule has 1 N–H and O–H groups in total. The van der Waals surface area contributed by atoms with Gasteiger partial charge >= 0.3 is 5.63 Å². The highest BCUT2D eigenvalue weighted by Gasteiger charge is 2.25. The molecule has 7 nitrogen and oxygen atoms in total. The maximum Gasteiger partial charge on any atom is 0.336 e. The SMILES string of the molecule is Cc1cccc(N2N=C(C(=O)Nc3ccc4oc(=O)ccc4c3)CCC2=O)c1. The molecule has 1 aliphatic heterocycles. The van der Waals surface area contributed by atoms with Crippen LogP contribution in [0.25, 0.3) is 11.0 Å². The summed E-state index contributed by atoms with van der Waals surface area (Å²) in [5.41, 5.74) is 2.47. The van der Waals surface area contributed by atoms with Crippen LogP contribution in [-0.4, -0.2) is 17.5 Å². The van der Waals surface area contributed by atoms with E-state index in [0.29, 0.717) is 22.3 Å². The maximum atomic E-state index is 12.7. The lowest BCUT2D eigenvalue weighted by Crippen LogP contribution is -2.36. The van der Waals surface area contributed by atoms with Crippen LogP contribution in [0.4, 0.5) is 11.4 Å². The Hall–Kier alpha value is -3.74. The molecule has 0 saturated carbocycles. The first-order valence-corrected chi connectivity index (χ1v) is 8.82. The fourth-order valence-corrected chi connectivity index (χ4v) is 3.03. The van der Waals surface area contributed by atoms with Crippen molar-refractivity contribution >= 4 is 39.9 Å². The number of hydrogen-bond acceptors (Lipinski definition) is 5. The highest BCUT2D eigenvalue weighted by molar-refractivity contribution is 6.44. The fourth-order valence-electron chi connectivity index (χ4n) is 3.03. The Labute approximate surface area is 160 Å². The molecule has 2 heterocycles. The number of benzene rings is 2. The van der Waals surface area contributed by atoms with Crippen molar-refractivity contribution in [2.75, 3.05) is 10.3 Å². The second-order valence-electron chi connectivity index (χ2n) is 6.55. The molecule has 4 rings (SSSR count). The Bertz CT molecular complexity index is 1180. The Kier molecular flexibility index (Phi) is 4.49. The smallest absolute Gasteiger partial charge is 0.336 e. The third-order valence-electron chi connectivity index (χ3n) is 4.42. The fraction of sp³-hybridized carbons (Fsp3) is 0.143. The first-order chi connectivity index (χ1) is 13.5. The first kappa shape index (κ1) is 17.7. The number of rotatable bonds is 3. The van der Waals surface area contributed by atoms with Crippen LogP contribution in [-0.2, 0) is 9.59 Å². The van der Waals surface area contributed by atoms with E-state index in [1.165, 1.54) is 11.1 Å². The molecule has 0 bridgehead atoms. The van der Waals surface area contributed by atoms with Gasteiger partial charge in [-0.2, -0.15) is 5.10 Å². The number of hydrogen-bond donors (Lipinski definition) is 1. The Morgan fingerprint density at radius 3 is 2.75 bits per heavy atom. The second-order valence-corrected chi connectivity index (χ2v) is 6.55. The van der Waals surface area contributed by atoms with Gasteiger partial charge in [0, 0.05) is 30.0 Å². The zero-order valence-electron chi connectivity index (χ0n) is 15.1. The van der Waals surface area contributed by atoms with Crippen molar-refractivity contribution < 1.29 is 14.0 Å². The number of hydrazone groups is 1. The number of carbonyl (C=O) groups excluding carboxylic acids is 2. The van der Waals surface area contributed by atoms with E-state index in [1.807, 2.05) is 25.1 Å². The summed E-state index contributed by atoms with van der Waals surface area (Å²) in [6.07, 6.45) is 0.485. The highest BCUT2D eigenvalue weighted by Crippen LogP contribution is 2.22. The Morgan fingerprint density at radius 1 is 1.07 bits per heavy atom. The lowest BCUT2D eigenvalue weighted by atomic mass is 10.1. The zero-order valence-corrected chi connectivity index (χ0v) is 15.1. The molecule has 3 aromatic rings. The van der Waals surface area contributed by atoms with Crippen molar-refractivity contribution in [2.45, 2.75) is 19.8 Å². The van der Waals surface area contributed by atoms with Crippen molar-refractivity contribution in [2.24, 2.45) is 5.10 Å². The molecule has 2 amide bonds. The van der Waals surface area contributed by atoms with Crippen LogP contribution in [0.2, 0.25) is 0 Å². The van der Waals surface area contributed by atoms with Gasteiger partial charge < -0.3 is 9.73 Å². The molecule has 0 saturated heterocycles. The number of nitrogens with one attached hydrogen (secondary N) is 1. The van der Waals surface area contributed by atoms with Gasteiger partial charge in [-0.3, -0.25) is 9.59 Å². The third-order valence-corrected chi connectivity index (χ3v) is 4.42.